The van der Waals surface area contributed by atoms with Crippen molar-refractivity contribution in [1.82, 2.24) is 0 Å². The summed E-state index contributed by atoms with van der Waals surface area (Å²) in [7, 11) is 1.88. The molecule has 2 heteroatoms. The molecule has 0 aliphatic heterocycles. The van der Waals surface area contributed by atoms with Crippen LogP contribution in [-0.4, -0.2) is 13.7 Å². The summed E-state index contributed by atoms with van der Waals surface area (Å²) in [5.41, 5.74) is 3.33. The van der Waals surface area contributed by atoms with Crippen LogP contribution in [-0.2, 0) is 6.42 Å². The molecule has 1 aromatic rings. The maximum absolute atomic E-state index is 12.0. The van der Waals surface area contributed by atoms with E-state index in [1.54, 1.807) is 0 Å². The van der Waals surface area contributed by atoms with Crippen LogP contribution in [0.15, 0.2) is 18.2 Å². The largest absolute Gasteiger partial charge is 0.388 e. The van der Waals surface area contributed by atoms with Crippen molar-refractivity contribution in [3.63, 3.8) is 0 Å². The highest BCUT2D eigenvalue weighted by Crippen LogP contribution is 2.14. The van der Waals surface area contributed by atoms with E-state index in [0.717, 1.165) is 16.8 Å². The van der Waals surface area contributed by atoms with Gasteiger partial charge in [0.1, 0.15) is 0 Å². The molecule has 0 fully saturated rings. The zero-order chi connectivity index (χ0) is 8.97. The minimum atomic E-state index is -0.278. The molecular weight excluding hydrogens is 153 g/mol. The van der Waals surface area contributed by atoms with Gasteiger partial charge in [0.05, 0.1) is 6.67 Å². The summed E-state index contributed by atoms with van der Waals surface area (Å²) in [6, 6.07) is 5.98. The molecular formula is C10H14FN. The van der Waals surface area contributed by atoms with Crippen LogP contribution < -0.4 is 5.32 Å². The molecule has 0 spiro atoms. The first-order chi connectivity index (χ1) is 5.77. The molecule has 0 unspecified atom stereocenters. The van der Waals surface area contributed by atoms with E-state index in [-0.39, 0.29) is 6.67 Å². The zero-order valence-electron chi connectivity index (χ0n) is 7.52. The highest BCUT2D eigenvalue weighted by Gasteiger charge is 1.98. The highest BCUT2D eigenvalue weighted by molar-refractivity contribution is 5.47. The second-order valence-corrected chi connectivity index (χ2v) is 2.83. The molecule has 1 rings (SSSR count). The smallest absolute Gasteiger partial charge is 0.0934 e. The Bertz CT molecular complexity index is 258. The van der Waals surface area contributed by atoms with E-state index in [1.165, 1.54) is 0 Å². The molecule has 66 valence electrons. The third-order valence-corrected chi connectivity index (χ3v) is 2.00. The van der Waals surface area contributed by atoms with Crippen LogP contribution >= 0.6 is 0 Å². The fraction of sp³-hybridized carbons (Fsp3) is 0.400. The first-order valence-electron chi connectivity index (χ1n) is 4.11. The summed E-state index contributed by atoms with van der Waals surface area (Å²) in [4.78, 5) is 0. The Balaban J connectivity index is 2.87. The van der Waals surface area contributed by atoms with E-state index in [2.05, 4.69) is 5.32 Å². The molecule has 12 heavy (non-hydrogen) atoms. The fourth-order valence-corrected chi connectivity index (χ4v) is 1.23. The van der Waals surface area contributed by atoms with Crippen molar-refractivity contribution in [3.05, 3.63) is 29.3 Å². The van der Waals surface area contributed by atoms with Crippen molar-refractivity contribution < 1.29 is 4.39 Å². The average molecular weight is 167 g/mol. The maximum Gasteiger partial charge on any atom is 0.0934 e. The third kappa shape index (κ3) is 1.97. The zero-order valence-corrected chi connectivity index (χ0v) is 7.52. The van der Waals surface area contributed by atoms with Crippen LogP contribution in [0.25, 0.3) is 0 Å². The Kier molecular flexibility index (Phi) is 3.09. The summed E-state index contributed by atoms with van der Waals surface area (Å²) < 4.78 is 12.0. The number of hydrogen-bond donors (Lipinski definition) is 1. The van der Waals surface area contributed by atoms with Gasteiger partial charge in [-0.2, -0.15) is 0 Å². The second-order valence-electron chi connectivity index (χ2n) is 2.83. The SMILES string of the molecule is CNc1ccc(CCF)c(C)c1. The fourth-order valence-electron chi connectivity index (χ4n) is 1.23. The number of aryl methyl sites for hydroxylation is 2. The topological polar surface area (TPSA) is 12.0 Å². The quantitative estimate of drug-likeness (QED) is 0.729. The number of alkyl halides is 1. The lowest BCUT2D eigenvalue weighted by atomic mass is 10.1. The number of halogens is 1. The molecule has 0 amide bonds. The molecule has 1 N–H and O–H groups in total. The van der Waals surface area contributed by atoms with Crippen LogP contribution in [0.5, 0.6) is 0 Å². The Morgan fingerprint density at radius 3 is 2.67 bits per heavy atom. The van der Waals surface area contributed by atoms with Crippen LogP contribution in [0.3, 0.4) is 0 Å². The molecule has 0 aromatic heterocycles. The van der Waals surface area contributed by atoms with Crippen LogP contribution in [0, 0.1) is 6.92 Å². The predicted molar refractivity (Wildman–Crippen MR) is 50.4 cm³/mol. The average Bonchev–Trinajstić information content (AvgIpc) is 2.09. The van der Waals surface area contributed by atoms with Gasteiger partial charge in [-0.05, 0) is 30.2 Å². The minimum absolute atomic E-state index is 0.278. The van der Waals surface area contributed by atoms with Gasteiger partial charge in [0.2, 0.25) is 0 Å². The molecule has 0 aliphatic rings. The summed E-state index contributed by atoms with van der Waals surface area (Å²) in [5.74, 6) is 0. The van der Waals surface area contributed by atoms with Gasteiger partial charge >= 0.3 is 0 Å². The van der Waals surface area contributed by atoms with E-state index in [4.69, 9.17) is 0 Å². The molecule has 0 saturated carbocycles. The lowest BCUT2D eigenvalue weighted by molar-refractivity contribution is 0.495. The second kappa shape index (κ2) is 4.10. The molecule has 0 aliphatic carbocycles. The Morgan fingerprint density at radius 2 is 2.17 bits per heavy atom. The lowest BCUT2D eigenvalue weighted by Crippen LogP contribution is -1.94. The molecule has 0 atom stereocenters. The van der Waals surface area contributed by atoms with Gasteiger partial charge in [-0.1, -0.05) is 6.07 Å². The van der Waals surface area contributed by atoms with Gasteiger partial charge < -0.3 is 5.32 Å². The van der Waals surface area contributed by atoms with E-state index in [9.17, 15) is 4.39 Å². The van der Waals surface area contributed by atoms with Crippen LogP contribution in [0.2, 0.25) is 0 Å². The molecule has 1 nitrogen and oxygen atoms in total. The van der Waals surface area contributed by atoms with Crippen molar-refractivity contribution in [2.75, 3.05) is 19.0 Å². The number of nitrogens with one attached hydrogen (secondary N) is 1. The van der Waals surface area contributed by atoms with Gasteiger partial charge in [0.25, 0.3) is 0 Å². The highest BCUT2D eigenvalue weighted by atomic mass is 19.1. The summed E-state index contributed by atoms with van der Waals surface area (Å²) in [6.45, 7) is 1.73. The van der Waals surface area contributed by atoms with Crippen molar-refractivity contribution in [1.29, 1.82) is 0 Å². The summed E-state index contributed by atoms with van der Waals surface area (Å²) >= 11 is 0. The Hall–Kier alpha value is -1.05. The molecule has 0 bridgehead atoms. The Morgan fingerprint density at radius 1 is 1.42 bits per heavy atom. The molecule has 1 aromatic carbocycles. The molecule has 0 radical (unpaired) electrons. The van der Waals surface area contributed by atoms with E-state index in [1.807, 2.05) is 32.2 Å². The van der Waals surface area contributed by atoms with Gasteiger partial charge in [-0.3, -0.25) is 4.39 Å². The molecule has 0 heterocycles. The van der Waals surface area contributed by atoms with Crippen LogP contribution in [0.4, 0.5) is 10.1 Å². The molecule has 0 saturated heterocycles. The van der Waals surface area contributed by atoms with Crippen molar-refractivity contribution in [3.8, 4) is 0 Å². The summed E-state index contributed by atoms with van der Waals surface area (Å²) in [5, 5.41) is 3.04. The van der Waals surface area contributed by atoms with Gasteiger partial charge in [-0.25, -0.2) is 0 Å². The monoisotopic (exact) mass is 167 g/mol. The van der Waals surface area contributed by atoms with E-state index in [0.29, 0.717) is 6.42 Å². The predicted octanol–water partition coefficient (Wildman–Crippen LogP) is 2.55. The van der Waals surface area contributed by atoms with Gasteiger partial charge in [-0.15, -0.1) is 0 Å². The van der Waals surface area contributed by atoms with Gasteiger partial charge in [0, 0.05) is 19.2 Å². The van der Waals surface area contributed by atoms with E-state index < -0.39 is 0 Å². The number of hydrogen-bond acceptors (Lipinski definition) is 1. The first kappa shape index (κ1) is 9.04. The number of rotatable bonds is 3. The third-order valence-electron chi connectivity index (χ3n) is 2.00. The number of benzene rings is 1. The van der Waals surface area contributed by atoms with Gasteiger partial charge in [0.15, 0.2) is 0 Å². The van der Waals surface area contributed by atoms with Crippen LogP contribution in [0.1, 0.15) is 11.1 Å². The normalized spacial score (nSPS) is 9.92. The Labute approximate surface area is 72.6 Å². The number of anilines is 1. The van der Waals surface area contributed by atoms with Crippen molar-refractivity contribution in [2.45, 2.75) is 13.3 Å². The van der Waals surface area contributed by atoms with E-state index >= 15 is 0 Å². The lowest BCUT2D eigenvalue weighted by Gasteiger charge is -2.06. The first-order valence-corrected chi connectivity index (χ1v) is 4.11. The minimum Gasteiger partial charge on any atom is -0.388 e. The maximum atomic E-state index is 12.0. The van der Waals surface area contributed by atoms with Crippen molar-refractivity contribution in [2.24, 2.45) is 0 Å². The van der Waals surface area contributed by atoms with Crippen molar-refractivity contribution >= 4 is 5.69 Å². The standard InChI is InChI=1S/C10H14FN/c1-8-7-10(12-2)4-3-9(8)5-6-11/h3-4,7,12H,5-6H2,1-2H3. The summed E-state index contributed by atoms with van der Waals surface area (Å²) in [6.07, 6.45) is 0.524.